The SMILES string of the molecule is Br.[Ge][c]1ccccc1. The van der Waals surface area contributed by atoms with Crippen molar-refractivity contribution in [2.45, 2.75) is 0 Å². The van der Waals surface area contributed by atoms with E-state index in [4.69, 9.17) is 0 Å². The molecule has 0 aliphatic carbocycles. The molecule has 0 nitrogen and oxygen atoms in total. The van der Waals surface area contributed by atoms with Gasteiger partial charge in [-0.15, -0.1) is 17.0 Å². The molecule has 0 saturated heterocycles. The van der Waals surface area contributed by atoms with Gasteiger partial charge in [-0.1, -0.05) is 0 Å². The molecular weight excluding hydrogens is 225 g/mol. The molecule has 0 aliphatic rings. The summed E-state index contributed by atoms with van der Waals surface area (Å²) >= 11 is 2.08. The first-order valence-corrected chi connectivity index (χ1v) is 3.21. The quantitative estimate of drug-likeness (QED) is 0.585. The van der Waals surface area contributed by atoms with Crippen LogP contribution in [0.3, 0.4) is 0 Å². The van der Waals surface area contributed by atoms with Gasteiger partial charge in [0.25, 0.3) is 0 Å². The topological polar surface area (TPSA) is 0 Å². The van der Waals surface area contributed by atoms with E-state index in [-0.39, 0.29) is 17.0 Å². The molecule has 0 heterocycles. The second-order valence-corrected chi connectivity index (χ2v) is 2.58. The summed E-state index contributed by atoms with van der Waals surface area (Å²) in [5, 5.41) is 0. The monoisotopic (exact) mass is 231 g/mol. The first-order valence-electron chi connectivity index (χ1n) is 2.16. The van der Waals surface area contributed by atoms with Crippen molar-refractivity contribution in [1.29, 1.82) is 0 Å². The molecular formula is C6H6BrGe. The Kier molecular flexibility index (Phi) is 4.28. The number of hydrogen-bond donors (Lipinski definition) is 0. The van der Waals surface area contributed by atoms with Gasteiger partial charge in [-0.3, -0.25) is 0 Å². The number of halogens is 1. The number of benzene rings is 1. The van der Waals surface area contributed by atoms with Crippen molar-refractivity contribution in [3.63, 3.8) is 0 Å². The molecule has 8 heavy (non-hydrogen) atoms. The van der Waals surface area contributed by atoms with Crippen LogP contribution in [-0.4, -0.2) is 16.5 Å². The van der Waals surface area contributed by atoms with Crippen molar-refractivity contribution in [2.75, 3.05) is 0 Å². The number of hydrogen-bond acceptors (Lipinski definition) is 0. The van der Waals surface area contributed by atoms with Gasteiger partial charge in [-0.2, -0.15) is 0 Å². The van der Waals surface area contributed by atoms with Crippen molar-refractivity contribution in [2.24, 2.45) is 0 Å². The van der Waals surface area contributed by atoms with Gasteiger partial charge in [0.1, 0.15) is 0 Å². The molecule has 1 rings (SSSR count). The van der Waals surface area contributed by atoms with Gasteiger partial charge in [0.05, 0.1) is 0 Å². The van der Waals surface area contributed by atoms with Crippen LogP contribution in [0.2, 0.25) is 0 Å². The Morgan fingerprint density at radius 2 is 1.50 bits per heavy atom. The van der Waals surface area contributed by atoms with Gasteiger partial charge in [0.15, 0.2) is 0 Å². The first kappa shape index (κ1) is 8.24. The van der Waals surface area contributed by atoms with Crippen LogP contribution < -0.4 is 4.40 Å². The van der Waals surface area contributed by atoms with Crippen molar-refractivity contribution < 1.29 is 0 Å². The minimum absolute atomic E-state index is 0. The molecule has 0 aromatic heterocycles. The molecule has 1 aromatic rings. The summed E-state index contributed by atoms with van der Waals surface area (Å²) in [6, 6.07) is 10.3. The maximum atomic E-state index is 2.08. The molecule has 41 valence electrons. The third-order valence-electron chi connectivity index (χ3n) is 0.774. The fourth-order valence-corrected chi connectivity index (χ4v) is 0.842. The normalized spacial score (nSPS) is 7.62. The Labute approximate surface area is 68.3 Å². The van der Waals surface area contributed by atoms with Gasteiger partial charge >= 0.3 is 51.2 Å². The third-order valence-corrected chi connectivity index (χ3v) is 1.47. The van der Waals surface area contributed by atoms with Crippen LogP contribution in [0.25, 0.3) is 0 Å². The van der Waals surface area contributed by atoms with Crippen molar-refractivity contribution in [3.05, 3.63) is 30.3 Å². The molecule has 0 atom stereocenters. The van der Waals surface area contributed by atoms with Gasteiger partial charge in [0.2, 0.25) is 0 Å². The molecule has 0 aliphatic heterocycles. The fourth-order valence-electron chi connectivity index (χ4n) is 0.438. The van der Waals surface area contributed by atoms with Crippen LogP contribution in [0.1, 0.15) is 0 Å². The first-order chi connectivity index (χ1) is 3.39. The molecule has 0 amide bonds. The van der Waals surface area contributed by atoms with E-state index >= 15 is 0 Å². The predicted octanol–water partition coefficient (Wildman–Crippen LogP) is 1.06. The summed E-state index contributed by atoms with van der Waals surface area (Å²) < 4.78 is 1.32. The Bertz CT molecular complexity index is 138. The maximum absolute atomic E-state index is 2.08. The molecule has 0 unspecified atom stereocenters. The molecule has 0 fully saturated rings. The standard InChI is InChI=1S/C6H5Ge.BrH/c7-6-4-2-1-3-5-6;/h1-5H;1H. The zero-order valence-electron chi connectivity index (χ0n) is 4.29. The predicted molar refractivity (Wildman–Crippen MR) is 42.2 cm³/mol. The molecule has 3 radical (unpaired) electrons. The van der Waals surface area contributed by atoms with Crippen molar-refractivity contribution in [1.82, 2.24) is 0 Å². The molecule has 0 bridgehead atoms. The third kappa shape index (κ3) is 2.53. The van der Waals surface area contributed by atoms with E-state index < -0.39 is 0 Å². The summed E-state index contributed by atoms with van der Waals surface area (Å²) in [5.41, 5.74) is 0. The average molecular weight is 231 g/mol. The van der Waals surface area contributed by atoms with Crippen LogP contribution in [0.5, 0.6) is 0 Å². The van der Waals surface area contributed by atoms with Crippen molar-refractivity contribution in [3.8, 4) is 0 Å². The van der Waals surface area contributed by atoms with Crippen LogP contribution in [-0.2, 0) is 0 Å². The zero-order valence-corrected chi connectivity index (χ0v) is 8.11. The van der Waals surface area contributed by atoms with Gasteiger partial charge in [-0.05, 0) is 0 Å². The second kappa shape index (κ2) is 4.15. The van der Waals surface area contributed by atoms with E-state index in [1.165, 1.54) is 4.40 Å². The molecule has 2 heteroatoms. The van der Waals surface area contributed by atoms with Gasteiger partial charge < -0.3 is 0 Å². The van der Waals surface area contributed by atoms with Gasteiger partial charge in [0, 0.05) is 0 Å². The van der Waals surface area contributed by atoms with E-state index in [0.717, 1.165) is 0 Å². The minimum atomic E-state index is 0. The van der Waals surface area contributed by atoms with E-state index in [9.17, 15) is 0 Å². The molecule has 1 aromatic carbocycles. The van der Waals surface area contributed by atoms with E-state index in [2.05, 4.69) is 28.6 Å². The molecule has 0 saturated carbocycles. The van der Waals surface area contributed by atoms with Crippen molar-refractivity contribution >= 4 is 37.9 Å². The second-order valence-electron chi connectivity index (χ2n) is 1.37. The Hall–Kier alpha value is 0.243. The van der Waals surface area contributed by atoms with E-state index in [1.54, 1.807) is 0 Å². The summed E-state index contributed by atoms with van der Waals surface area (Å²) in [6.45, 7) is 0. The van der Waals surface area contributed by atoms with Crippen LogP contribution >= 0.6 is 17.0 Å². The summed E-state index contributed by atoms with van der Waals surface area (Å²) in [5.74, 6) is 0. The van der Waals surface area contributed by atoms with E-state index in [0.29, 0.717) is 0 Å². The molecule has 0 N–H and O–H groups in total. The number of rotatable bonds is 0. The van der Waals surface area contributed by atoms with Gasteiger partial charge in [-0.25, -0.2) is 0 Å². The van der Waals surface area contributed by atoms with E-state index in [1.807, 2.05) is 18.2 Å². The molecule has 0 spiro atoms. The Balaban J connectivity index is 0.000000490. The summed E-state index contributed by atoms with van der Waals surface area (Å²) in [6.07, 6.45) is 0. The Morgan fingerprint density at radius 1 is 1.00 bits per heavy atom. The zero-order chi connectivity index (χ0) is 5.11. The van der Waals surface area contributed by atoms with Crippen LogP contribution in [0, 0.1) is 0 Å². The van der Waals surface area contributed by atoms with Crippen LogP contribution in [0.4, 0.5) is 0 Å². The summed E-state index contributed by atoms with van der Waals surface area (Å²) in [7, 11) is 0. The average Bonchev–Trinajstić information content (AvgIpc) is 1.69. The Morgan fingerprint density at radius 3 is 1.75 bits per heavy atom. The van der Waals surface area contributed by atoms with Crippen LogP contribution in [0.15, 0.2) is 30.3 Å². The summed E-state index contributed by atoms with van der Waals surface area (Å²) in [4.78, 5) is 0. The fraction of sp³-hybridized carbons (Fsp3) is 0.